The Morgan fingerprint density at radius 1 is 1.20 bits per heavy atom. The van der Waals surface area contributed by atoms with E-state index in [-0.39, 0.29) is 22.6 Å². The lowest BCUT2D eigenvalue weighted by Crippen LogP contribution is -2.32. The number of anilines is 6. The minimum atomic E-state index is -4.34. The average molecular weight is 678 g/mol. The molecule has 4 N–H and O–H groups in total. The highest BCUT2D eigenvalue weighted by atomic mass is 35.5. The van der Waals surface area contributed by atoms with E-state index in [1.807, 2.05) is 14.1 Å². The summed E-state index contributed by atoms with van der Waals surface area (Å²) in [6.07, 6.45) is 3.08. The molecular weight excluding hydrogens is 645 g/mol. The van der Waals surface area contributed by atoms with Crippen molar-refractivity contribution < 1.29 is 35.8 Å². The number of likely N-dealkylation sites (N-methyl/N-ethyl adjacent to an activating group) is 1. The summed E-state index contributed by atoms with van der Waals surface area (Å²) in [7, 11) is 1.14. The number of nitrogens with zero attached hydrogens (tertiary/aromatic N) is 4. The molecule has 1 amide bonds. The fourth-order valence-electron chi connectivity index (χ4n) is 5.01. The quantitative estimate of drug-likeness (QED) is 0.241. The number of methoxy groups -OCH3 is 1. The zero-order valence-corrected chi connectivity index (χ0v) is 27.2. The van der Waals surface area contributed by atoms with Gasteiger partial charge in [-0.3, -0.25) is 4.79 Å². The maximum absolute atomic E-state index is 14.2. The number of rotatable bonds is 10. The first-order valence-electron chi connectivity index (χ1n) is 14.0. The van der Waals surface area contributed by atoms with Crippen LogP contribution in [-0.4, -0.2) is 74.6 Å². The van der Waals surface area contributed by atoms with Crippen LogP contribution < -0.4 is 25.6 Å². The molecule has 246 valence electrons. The molecule has 46 heavy (non-hydrogen) atoms. The molecule has 0 saturated carbocycles. The predicted molar refractivity (Wildman–Crippen MR) is 170 cm³/mol. The number of benzene rings is 2. The normalized spacial score (nSPS) is 17.3. The van der Waals surface area contributed by atoms with Crippen molar-refractivity contribution in [2.24, 2.45) is 0 Å². The number of ether oxygens (including phenoxy) is 1. The Morgan fingerprint density at radius 3 is 2.59 bits per heavy atom. The SMILES string of the molecule is COc1cc(N2CCC(N(C)C)C2)c(NC(=O)C2=COS(=O)(=O)O2)cc1Nc1nccc(Nc2cc(Cl)c(F)cc2C(C)(C)O)n1. The van der Waals surface area contributed by atoms with Crippen LogP contribution in [0.1, 0.15) is 25.8 Å². The van der Waals surface area contributed by atoms with Crippen molar-refractivity contribution in [2.75, 3.05) is 55.1 Å². The van der Waals surface area contributed by atoms with Crippen molar-refractivity contribution in [3.8, 4) is 5.75 Å². The van der Waals surface area contributed by atoms with E-state index in [0.717, 1.165) is 18.7 Å². The summed E-state index contributed by atoms with van der Waals surface area (Å²) < 4.78 is 52.2. The number of hydrogen-bond acceptors (Lipinski definition) is 13. The van der Waals surface area contributed by atoms with Gasteiger partial charge in [0.2, 0.25) is 11.7 Å². The number of carbonyl (C=O) groups is 1. The Hall–Kier alpha value is -4.38. The van der Waals surface area contributed by atoms with Crippen LogP contribution in [0.15, 0.2) is 48.5 Å². The highest BCUT2D eigenvalue weighted by Crippen LogP contribution is 2.40. The summed E-state index contributed by atoms with van der Waals surface area (Å²) in [5.41, 5.74) is 0.534. The molecular formula is C29H33ClFN7O7S. The van der Waals surface area contributed by atoms with Crippen molar-refractivity contribution >= 4 is 62.4 Å². The van der Waals surface area contributed by atoms with E-state index < -0.39 is 33.5 Å². The van der Waals surface area contributed by atoms with Crippen LogP contribution in [0.4, 0.5) is 38.9 Å². The second kappa shape index (κ2) is 12.8. The lowest BCUT2D eigenvalue weighted by atomic mass is 9.96. The van der Waals surface area contributed by atoms with Crippen molar-refractivity contribution in [1.82, 2.24) is 14.9 Å². The van der Waals surface area contributed by atoms with Gasteiger partial charge in [0.1, 0.15) is 17.4 Å². The molecule has 2 aromatic carbocycles. The maximum Gasteiger partial charge on any atom is 0.500 e. The van der Waals surface area contributed by atoms with Crippen molar-refractivity contribution in [3.63, 3.8) is 0 Å². The van der Waals surface area contributed by atoms with Crippen molar-refractivity contribution in [1.29, 1.82) is 0 Å². The van der Waals surface area contributed by atoms with Gasteiger partial charge in [-0.25, -0.2) is 9.37 Å². The first-order chi connectivity index (χ1) is 21.6. The molecule has 17 heteroatoms. The number of nitrogens with one attached hydrogen (secondary N) is 3. The van der Waals surface area contributed by atoms with Gasteiger partial charge in [0.25, 0.3) is 5.91 Å². The topological polar surface area (TPSA) is 167 Å². The third kappa shape index (κ3) is 7.36. The fourth-order valence-corrected chi connectivity index (χ4v) is 5.75. The molecule has 1 unspecified atom stereocenters. The highest BCUT2D eigenvalue weighted by molar-refractivity contribution is 7.82. The van der Waals surface area contributed by atoms with Gasteiger partial charge in [0, 0.05) is 42.6 Å². The molecule has 0 radical (unpaired) electrons. The Balaban J connectivity index is 1.47. The molecule has 1 atom stereocenters. The van der Waals surface area contributed by atoms with Crippen LogP contribution in [0, 0.1) is 5.82 Å². The molecule has 0 bridgehead atoms. The third-order valence-electron chi connectivity index (χ3n) is 7.37. The van der Waals surface area contributed by atoms with Gasteiger partial charge in [-0.15, -0.1) is 8.42 Å². The van der Waals surface area contributed by atoms with Crippen LogP contribution in [0.5, 0.6) is 5.75 Å². The minimum absolute atomic E-state index is 0.126. The second-order valence-corrected chi connectivity index (χ2v) is 12.9. The lowest BCUT2D eigenvalue weighted by Gasteiger charge is -2.25. The first kappa shape index (κ1) is 33.0. The second-order valence-electron chi connectivity index (χ2n) is 11.3. The Labute approximate surface area is 270 Å². The van der Waals surface area contributed by atoms with Crippen LogP contribution in [0.3, 0.4) is 0 Å². The maximum atomic E-state index is 14.2. The van der Waals surface area contributed by atoms with Gasteiger partial charge in [-0.05, 0) is 58.6 Å². The van der Waals surface area contributed by atoms with Crippen LogP contribution >= 0.6 is 11.6 Å². The van der Waals surface area contributed by atoms with Gasteiger partial charge < -0.3 is 44.0 Å². The summed E-state index contributed by atoms with van der Waals surface area (Å²) in [6.45, 7) is 4.39. The number of amides is 1. The van der Waals surface area contributed by atoms with E-state index >= 15 is 0 Å². The Morgan fingerprint density at radius 2 is 1.96 bits per heavy atom. The number of halogens is 2. The van der Waals surface area contributed by atoms with E-state index in [2.05, 4.69) is 44.1 Å². The largest absolute Gasteiger partial charge is 0.500 e. The fraction of sp³-hybridized carbons (Fsp3) is 0.345. The van der Waals surface area contributed by atoms with Gasteiger partial charge in [-0.2, -0.15) is 4.98 Å². The highest BCUT2D eigenvalue weighted by Gasteiger charge is 2.31. The van der Waals surface area contributed by atoms with Crippen LogP contribution in [0.2, 0.25) is 5.02 Å². The summed E-state index contributed by atoms with van der Waals surface area (Å²) in [5, 5.41) is 19.3. The smallest absolute Gasteiger partial charge is 0.494 e. The lowest BCUT2D eigenvalue weighted by molar-refractivity contribution is -0.114. The molecule has 1 fully saturated rings. The molecule has 2 aliphatic rings. The predicted octanol–water partition coefficient (Wildman–Crippen LogP) is 4.20. The standard InChI is InChI=1S/C29H33ClFN7O7S/c1-29(2,40)17-10-19(31)18(30)11-20(17)33-26-6-8-32-28(36-26)35-22-12-21(34-27(39)25-15-44-46(41,42)45-25)23(13-24(22)43-5)38-9-7-16(14-38)37(3)4/h6,8,10-13,15-16,40H,7,9,14H2,1-5H3,(H,34,39)(H2,32,33,35,36). The van der Waals surface area contributed by atoms with Crippen LogP contribution in [-0.2, 0) is 29.2 Å². The first-order valence-corrected chi connectivity index (χ1v) is 15.7. The van der Waals surface area contributed by atoms with E-state index in [9.17, 15) is 22.7 Å². The van der Waals surface area contributed by atoms with Crippen LogP contribution in [0.25, 0.3) is 0 Å². The molecule has 3 heterocycles. The third-order valence-corrected chi connectivity index (χ3v) is 8.38. The van der Waals surface area contributed by atoms with E-state index in [1.54, 1.807) is 18.2 Å². The molecule has 0 aliphatic carbocycles. The molecule has 14 nitrogen and oxygen atoms in total. The van der Waals surface area contributed by atoms with Crippen molar-refractivity contribution in [2.45, 2.75) is 31.9 Å². The Kier molecular flexibility index (Phi) is 9.17. The number of hydrogen-bond donors (Lipinski definition) is 4. The van der Waals surface area contributed by atoms with E-state index in [4.69, 9.17) is 16.3 Å². The summed E-state index contributed by atoms with van der Waals surface area (Å²) >= 11 is 6.02. The van der Waals surface area contributed by atoms with Gasteiger partial charge >= 0.3 is 10.4 Å². The van der Waals surface area contributed by atoms with E-state index in [0.29, 0.717) is 47.4 Å². The zero-order valence-electron chi connectivity index (χ0n) is 25.6. The Bertz CT molecular complexity index is 1800. The van der Waals surface area contributed by atoms with Gasteiger partial charge in [0.05, 0.1) is 34.8 Å². The van der Waals surface area contributed by atoms with Crippen molar-refractivity contribution in [3.05, 3.63) is 65.0 Å². The number of aromatic nitrogens is 2. The number of aliphatic hydroxyl groups is 1. The molecule has 1 aromatic heterocycles. The minimum Gasteiger partial charge on any atom is -0.494 e. The molecule has 0 spiro atoms. The summed E-state index contributed by atoms with van der Waals surface area (Å²) in [4.78, 5) is 26.0. The van der Waals surface area contributed by atoms with E-state index in [1.165, 1.54) is 33.2 Å². The molecule has 5 rings (SSSR count). The molecule has 3 aromatic rings. The zero-order chi connectivity index (χ0) is 33.4. The monoisotopic (exact) mass is 677 g/mol. The summed E-state index contributed by atoms with van der Waals surface area (Å²) in [6, 6.07) is 7.70. The molecule has 2 aliphatic heterocycles. The molecule has 1 saturated heterocycles. The average Bonchev–Trinajstić information content (AvgIpc) is 3.61. The van der Waals surface area contributed by atoms with Gasteiger partial charge in [-0.1, -0.05) is 11.6 Å². The number of carbonyl (C=O) groups excluding carboxylic acids is 1. The van der Waals surface area contributed by atoms with Gasteiger partial charge in [0.15, 0.2) is 6.26 Å². The summed E-state index contributed by atoms with van der Waals surface area (Å²) in [5.74, 6) is -1.22.